The molecule has 1 aliphatic heterocycles. The van der Waals surface area contributed by atoms with E-state index in [1.807, 2.05) is 37.7 Å². The largest absolute Gasteiger partial charge is 0.375 e. The van der Waals surface area contributed by atoms with Crippen LogP contribution >= 0.6 is 0 Å². The van der Waals surface area contributed by atoms with Crippen molar-refractivity contribution < 1.29 is 20.1 Å². The molecular weight excluding hydrogens is 351 g/mol. The fourth-order valence-corrected chi connectivity index (χ4v) is 1.28. The van der Waals surface area contributed by atoms with Gasteiger partial charge >= 0.3 is 0 Å². The Morgan fingerprint density at radius 2 is 2.21 bits per heavy atom. The van der Waals surface area contributed by atoms with E-state index in [4.69, 9.17) is 0 Å². The molecule has 2 nitrogen and oxygen atoms in total. The van der Waals surface area contributed by atoms with Crippen LogP contribution in [0.5, 0.6) is 0 Å². The summed E-state index contributed by atoms with van der Waals surface area (Å²) < 4.78 is 0. The minimum atomic E-state index is 0. The number of anilines is 1. The zero-order valence-electron chi connectivity index (χ0n) is 7.85. The van der Waals surface area contributed by atoms with Crippen molar-refractivity contribution in [2.45, 2.75) is 6.92 Å². The van der Waals surface area contributed by atoms with Crippen molar-refractivity contribution in [2.24, 2.45) is 0 Å². The maximum atomic E-state index is 4.27. The number of aromatic nitrogens is 1. The van der Waals surface area contributed by atoms with Gasteiger partial charge in [0, 0.05) is 32.0 Å². The van der Waals surface area contributed by atoms with Gasteiger partial charge in [0.05, 0.1) is 0 Å². The second-order valence-electron chi connectivity index (χ2n) is 2.90. The Morgan fingerprint density at radius 1 is 1.36 bits per heavy atom. The molecule has 0 fully saturated rings. The molecule has 2 radical (unpaired) electrons. The van der Waals surface area contributed by atoms with E-state index >= 15 is 0 Å². The van der Waals surface area contributed by atoms with Gasteiger partial charge in [-0.05, 0) is 25.1 Å². The van der Waals surface area contributed by atoms with Crippen LogP contribution in [-0.4, -0.2) is 12.4 Å². The quantitative estimate of drug-likeness (QED) is 0.711. The second-order valence-corrected chi connectivity index (χ2v) is 2.90. The molecule has 0 spiro atoms. The van der Waals surface area contributed by atoms with E-state index < -0.39 is 0 Å². The van der Waals surface area contributed by atoms with Gasteiger partial charge in [-0.1, -0.05) is 18.1 Å². The van der Waals surface area contributed by atoms with Gasteiger partial charge in [-0.15, -0.1) is 0 Å². The smallest absolute Gasteiger partial charge is 0.284 e. The molecule has 0 saturated carbocycles. The third kappa shape index (κ3) is 2.34. The summed E-state index contributed by atoms with van der Waals surface area (Å²) in [4.78, 5) is 6.33. The van der Waals surface area contributed by atoms with Gasteiger partial charge in [0.2, 0.25) is 0 Å². The number of allylic oxidation sites excluding steroid dienone is 3. The Labute approximate surface area is 98.3 Å². The Balaban J connectivity index is 0.000000980. The van der Waals surface area contributed by atoms with Gasteiger partial charge in [-0.2, -0.15) is 0 Å². The van der Waals surface area contributed by atoms with E-state index in [-0.39, 0.29) is 20.1 Å². The van der Waals surface area contributed by atoms with Gasteiger partial charge in [-0.3, -0.25) is 0 Å². The molecule has 1 aliphatic rings. The van der Waals surface area contributed by atoms with E-state index in [2.05, 4.69) is 22.8 Å². The average molecular weight is 361 g/mol. The van der Waals surface area contributed by atoms with Crippen molar-refractivity contribution in [1.29, 1.82) is 0 Å². The molecule has 2 heterocycles. The van der Waals surface area contributed by atoms with E-state index in [0.717, 1.165) is 5.82 Å². The van der Waals surface area contributed by atoms with Crippen molar-refractivity contribution >= 4 is 13.2 Å². The Hall–Kier alpha value is -0.856. The summed E-state index contributed by atoms with van der Waals surface area (Å²) in [5, 5.41) is 0. The maximum absolute atomic E-state index is 4.27. The number of hydrogen-bond donors (Lipinski definition) is 0. The van der Waals surface area contributed by atoms with Gasteiger partial charge in [0.15, 0.2) is 0 Å². The molecule has 72 valence electrons. The van der Waals surface area contributed by atoms with E-state index in [1.165, 1.54) is 5.70 Å². The molecule has 4 heteroatoms. The predicted octanol–water partition coefficient (Wildman–Crippen LogP) is 1.94. The Kier molecular flexibility index (Phi) is 4.11. The number of nitrogens with zero attached hydrogens (tertiary/aromatic N) is 2. The second kappa shape index (κ2) is 5.13. The molecule has 1 aromatic heterocycles. The van der Waals surface area contributed by atoms with Crippen LogP contribution in [-0.2, 0) is 20.1 Å². The first-order valence-electron chi connectivity index (χ1n) is 4.26. The van der Waals surface area contributed by atoms with E-state index in [9.17, 15) is 0 Å². The molecule has 0 unspecified atom stereocenters. The standard InChI is InChI=1S/C10H10BN2.Ir/c1-9-5-4-7-11-13(9)10-6-2-3-8-12-10;/h2-8H,1H3;. The third-order valence-corrected chi connectivity index (χ3v) is 1.96. The van der Waals surface area contributed by atoms with Gasteiger partial charge in [0.25, 0.3) is 7.41 Å². The summed E-state index contributed by atoms with van der Waals surface area (Å²) in [6.45, 7) is 2.06. The fourth-order valence-electron chi connectivity index (χ4n) is 1.28. The molecule has 0 amide bonds. The minimum absolute atomic E-state index is 0. The molecule has 0 bridgehead atoms. The zero-order chi connectivity index (χ0) is 9.10. The monoisotopic (exact) mass is 362 g/mol. The summed E-state index contributed by atoms with van der Waals surface area (Å²) in [6, 6.07) is 5.90. The summed E-state index contributed by atoms with van der Waals surface area (Å²) in [5.74, 6) is 2.96. The van der Waals surface area contributed by atoms with E-state index in [0.29, 0.717) is 0 Å². The van der Waals surface area contributed by atoms with Crippen LogP contribution in [0, 0.1) is 0 Å². The SMILES string of the molecule is CC1=CC=C[B]N1c1ccccn1.[Ir]. The first kappa shape index (κ1) is 11.2. The average Bonchev–Trinajstić information content (AvgIpc) is 2.20. The van der Waals surface area contributed by atoms with Crippen molar-refractivity contribution in [3.63, 3.8) is 0 Å². The van der Waals surface area contributed by atoms with Crippen LogP contribution in [0.1, 0.15) is 6.92 Å². The Bertz CT molecular complexity index is 348. The number of hydrogen-bond acceptors (Lipinski definition) is 2. The van der Waals surface area contributed by atoms with Crippen LogP contribution in [0.2, 0.25) is 0 Å². The molecule has 0 N–H and O–H groups in total. The molecule has 1 aromatic rings. The van der Waals surface area contributed by atoms with Crippen LogP contribution < -0.4 is 4.81 Å². The molecule has 0 aromatic carbocycles. The van der Waals surface area contributed by atoms with Gasteiger partial charge in [0.1, 0.15) is 5.82 Å². The molecule has 2 rings (SSSR count). The van der Waals surface area contributed by atoms with Crippen molar-refractivity contribution in [3.8, 4) is 0 Å². The predicted molar refractivity (Wildman–Crippen MR) is 55.4 cm³/mol. The Morgan fingerprint density at radius 3 is 2.86 bits per heavy atom. The minimum Gasteiger partial charge on any atom is -0.375 e. The molecular formula is C10H10BIrN2. The molecule has 0 aliphatic carbocycles. The van der Waals surface area contributed by atoms with Crippen LogP contribution in [0.15, 0.2) is 48.2 Å². The van der Waals surface area contributed by atoms with Crippen molar-refractivity contribution in [1.82, 2.24) is 4.98 Å². The number of pyridine rings is 1. The fraction of sp³-hybridized carbons (Fsp3) is 0.100. The topological polar surface area (TPSA) is 16.1 Å². The number of rotatable bonds is 1. The van der Waals surface area contributed by atoms with Crippen LogP contribution in [0.4, 0.5) is 5.82 Å². The van der Waals surface area contributed by atoms with Crippen molar-refractivity contribution in [2.75, 3.05) is 4.81 Å². The first-order valence-corrected chi connectivity index (χ1v) is 4.26. The maximum Gasteiger partial charge on any atom is 0.284 e. The normalized spacial score (nSPS) is 14.1. The third-order valence-electron chi connectivity index (χ3n) is 1.96. The van der Waals surface area contributed by atoms with E-state index in [1.54, 1.807) is 6.20 Å². The zero-order valence-corrected chi connectivity index (χ0v) is 10.2. The van der Waals surface area contributed by atoms with Gasteiger partial charge < -0.3 is 4.81 Å². The van der Waals surface area contributed by atoms with Crippen molar-refractivity contribution in [3.05, 3.63) is 48.2 Å². The molecule has 14 heavy (non-hydrogen) atoms. The molecule has 0 atom stereocenters. The van der Waals surface area contributed by atoms with Crippen LogP contribution in [0.3, 0.4) is 0 Å². The summed E-state index contributed by atoms with van der Waals surface area (Å²) in [7, 11) is 2.01. The van der Waals surface area contributed by atoms with Gasteiger partial charge in [-0.25, -0.2) is 4.98 Å². The van der Waals surface area contributed by atoms with Crippen LogP contribution in [0.25, 0.3) is 0 Å². The first-order chi connectivity index (χ1) is 6.38. The molecule has 0 saturated heterocycles. The summed E-state index contributed by atoms with van der Waals surface area (Å²) in [5.41, 5.74) is 1.18. The summed E-state index contributed by atoms with van der Waals surface area (Å²) >= 11 is 0. The summed E-state index contributed by atoms with van der Waals surface area (Å²) in [6.07, 6.45) is 5.89.